The van der Waals surface area contributed by atoms with Gasteiger partial charge < -0.3 is 15.5 Å². The van der Waals surface area contributed by atoms with Gasteiger partial charge in [-0.1, -0.05) is 24.3 Å². The molecule has 1 amide bonds. The molecular weight excluding hydrogens is 405 g/mol. The van der Waals surface area contributed by atoms with Crippen LogP contribution < -0.4 is 10.6 Å². The molecule has 1 atom stereocenters. The van der Waals surface area contributed by atoms with Gasteiger partial charge in [0.1, 0.15) is 5.82 Å². The number of amides is 1. The van der Waals surface area contributed by atoms with Crippen molar-refractivity contribution < 1.29 is 18.0 Å². The van der Waals surface area contributed by atoms with Crippen molar-refractivity contribution in [3.05, 3.63) is 84.1 Å². The van der Waals surface area contributed by atoms with E-state index in [2.05, 4.69) is 15.6 Å². The van der Waals surface area contributed by atoms with E-state index < -0.39 is 11.7 Å². The van der Waals surface area contributed by atoms with Crippen LogP contribution in [0.2, 0.25) is 0 Å². The number of likely N-dealkylation sites (tertiary alicyclic amines) is 1. The maximum Gasteiger partial charge on any atom is 0.416 e. The molecule has 1 saturated heterocycles. The van der Waals surface area contributed by atoms with Crippen molar-refractivity contribution in [2.24, 2.45) is 0 Å². The molecule has 5 nitrogen and oxygen atoms in total. The Hall–Kier alpha value is -3.55. The molecule has 31 heavy (non-hydrogen) atoms. The van der Waals surface area contributed by atoms with E-state index in [1.165, 1.54) is 18.3 Å². The zero-order valence-corrected chi connectivity index (χ0v) is 16.6. The van der Waals surface area contributed by atoms with E-state index in [1.807, 2.05) is 30.3 Å². The van der Waals surface area contributed by atoms with Crippen molar-refractivity contribution in [2.75, 3.05) is 23.7 Å². The van der Waals surface area contributed by atoms with Crippen LogP contribution in [0.1, 0.15) is 22.3 Å². The molecule has 1 fully saturated rings. The number of alkyl halides is 3. The van der Waals surface area contributed by atoms with Crippen molar-refractivity contribution in [1.29, 1.82) is 0 Å². The normalized spacial score (nSPS) is 16.2. The van der Waals surface area contributed by atoms with E-state index in [0.29, 0.717) is 18.7 Å². The van der Waals surface area contributed by atoms with Gasteiger partial charge in [0.05, 0.1) is 11.1 Å². The van der Waals surface area contributed by atoms with Gasteiger partial charge in [0.2, 0.25) is 0 Å². The fourth-order valence-electron chi connectivity index (χ4n) is 3.59. The summed E-state index contributed by atoms with van der Waals surface area (Å²) in [7, 11) is 0. The van der Waals surface area contributed by atoms with E-state index in [4.69, 9.17) is 0 Å². The maximum atomic E-state index is 13.1. The number of hydrogen-bond acceptors (Lipinski definition) is 4. The summed E-state index contributed by atoms with van der Waals surface area (Å²) in [6, 6.07) is 18.0. The number of hydrogen-bond donors (Lipinski definition) is 2. The second-order valence-electron chi connectivity index (χ2n) is 7.35. The number of nitrogens with one attached hydrogen (secondary N) is 2. The van der Waals surface area contributed by atoms with Crippen molar-refractivity contribution in [3.8, 4) is 0 Å². The molecule has 4 rings (SSSR count). The maximum absolute atomic E-state index is 13.1. The first-order chi connectivity index (χ1) is 14.9. The number of halogens is 3. The molecule has 8 heteroatoms. The summed E-state index contributed by atoms with van der Waals surface area (Å²) >= 11 is 0. The predicted octanol–water partition coefficient (Wildman–Crippen LogP) is 5.17. The summed E-state index contributed by atoms with van der Waals surface area (Å²) < 4.78 is 39.0. The molecule has 1 unspecified atom stereocenters. The zero-order chi connectivity index (χ0) is 21.8. The third-order valence-electron chi connectivity index (χ3n) is 5.11. The van der Waals surface area contributed by atoms with Crippen molar-refractivity contribution in [3.63, 3.8) is 0 Å². The van der Waals surface area contributed by atoms with Crippen molar-refractivity contribution in [1.82, 2.24) is 9.88 Å². The number of para-hydroxylation sites is 1. The van der Waals surface area contributed by atoms with Gasteiger partial charge in [-0.2, -0.15) is 13.2 Å². The fourth-order valence-corrected chi connectivity index (χ4v) is 3.59. The van der Waals surface area contributed by atoms with Gasteiger partial charge in [0.25, 0.3) is 5.91 Å². The molecule has 3 aromatic rings. The van der Waals surface area contributed by atoms with Crippen LogP contribution in [0.4, 0.5) is 30.4 Å². The van der Waals surface area contributed by atoms with E-state index in [1.54, 1.807) is 17.0 Å². The smallest absolute Gasteiger partial charge is 0.380 e. The van der Waals surface area contributed by atoms with Gasteiger partial charge in [0.15, 0.2) is 0 Å². The minimum atomic E-state index is -4.45. The van der Waals surface area contributed by atoms with E-state index >= 15 is 0 Å². The molecule has 0 aliphatic carbocycles. The molecule has 0 spiro atoms. The molecule has 0 radical (unpaired) electrons. The number of aromatic nitrogens is 1. The predicted molar refractivity (Wildman–Crippen MR) is 113 cm³/mol. The molecule has 2 aromatic carbocycles. The summed E-state index contributed by atoms with van der Waals surface area (Å²) in [5.74, 6) is 0.0197. The van der Waals surface area contributed by atoms with Crippen LogP contribution in [0.15, 0.2) is 72.9 Å². The second-order valence-corrected chi connectivity index (χ2v) is 7.35. The number of anilines is 3. The Balaban J connectivity index is 1.48. The molecule has 2 heterocycles. The third kappa shape index (κ3) is 4.96. The van der Waals surface area contributed by atoms with E-state index in [0.717, 1.165) is 24.2 Å². The van der Waals surface area contributed by atoms with Gasteiger partial charge in [-0.15, -0.1) is 0 Å². The molecular formula is C23H21F3N4O. The summed E-state index contributed by atoms with van der Waals surface area (Å²) in [5, 5.41) is 6.29. The van der Waals surface area contributed by atoms with Crippen LogP contribution in [0, 0.1) is 0 Å². The van der Waals surface area contributed by atoms with E-state index in [-0.39, 0.29) is 23.5 Å². The number of benzene rings is 2. The average molecular weight is 426 g/mol. The second kappa shape index (κ2) is 8.67. The first-order valence-corrected chi connectivity index (χ1v) is 9.90. The number of nitrogens with zero attached hydrogens (tertiary/aromatic N) is 2. The third-order valence-corrected chi connectivity index (χ3v) is 5.11. The fraction of sp³-hybridized carbons (Fsp3) is 0.217. The molecule has 160 valence electrons. The topological polar surface area (TPSA) is 57.3 Å². The molecule has 1 aliphatic rings. The monoisotopic (exact) mass is 426 g/mol. The van der Waals surface area contributed by atoms with Gasteiger partial charge >= 0.3 is 6.18 Å². The first kappa shape index (κ1) is 20.7. The van der Waals surface area contributed by atoms with Crippen LogP contribution in [0.3, 0.4) is 0 Å². The average Bonchev–Trinajstić information content (AvgIpc) is 3.22. The van der Waals surface area contributed by atoms with Gasteiger partial charge in [-0.3, -0.25) is 4.79 Å². The van der Waals surface area contributed by atoms with Crippen LogP contribution in [-0.2, 0) is 6.18 Å². The van der Waals surface area contributed by atoms with Gasteiger partial charge in [-0.25, -0.2) is 4.98 Å². The molecule has 1 aromatic heterocycles. The minimum Gasteiger partial charge on any atom is -0.380 e. The highest BCUT2D eigenvalue weighted by Gasteiger charge is 2.31. The first-order valence-electron chi connectivity index (χ1n) is 9.90. The number of carbonyl (C=O) groups is 1. The molecule has 0 saturated carbocycles. The Morgan fingerprint density at radius 1 is 1.00 bits per heavy atom. The quantitative estimate of drug-likeness (QED) is 0.591. The molecule has 2 N–H and O–H groups in total. The van der Waals surface area contributed by atoms with Gasteiger partial charge in [-0.05, 0) is 48.9 Å². The lowest BCUT2D eigenvalue weighted by molar-refractivity contribution is -0.137. The summed E-state index contributed by atoms with van der Waals surface area (Å²) in [6.45, 7) is 1.12. The number of pyridine rings is 1. The van der Waals surface area contributed by atoms with E-state index in [9.17, 15) is 18.0 Å². The lowest BCUT2D eigenvalue weighted by Gasteiger charge is -2.19. The summed E-state index contributed by atoms with van der Waals surface area (Å²) in [6.07, 6.45) is -2.15. The summed E-state index contributed by atoms with van der Waals surface area (Å²) in [5.41, 5.74) is 0.763. The number of rotatable bonds is 5. The van der Waals surface area contributed by atoms with Crippen molar-refractivity contribution >= 4 is 23.1 Å². The van der Waals surface area contributed by atoms with Gasteiger partial charge in [0, 0.05) is 36.7 Å². The largest absolute Gasteiger partial charge is 0.416 e. The zero-order valence-electron chi connectivity index (χ0n) is 16.6. The Morgan fingerprint density at radius 3 is 2.55 bits per heavy atom. The lowest BCUT2D eigenvalue weighted by Crippen LogP contribution is -2.32. The van der Waals surface area contributed by atoms with Crippen LogP contribution in [0.25, 0.3) is 0 Å². The molecule has 0 bridgehead atoms. The summed E-state index contributed by atoms with van der Waals surface area (Å²) in [4.78, 5) is 19.0. The highest BCUT2D eigenvalue weighted by molar-refractivity contribution is 5.99. The van der Waals surface area contributed by atoms with Crippen LogP contribution >= 0.6 is 0 Å². The van der Waals surface area contributed by atoms with Crippen LogP contribution in [-0.4, -0.2) is 34.9 Å². The molecule has 1 aliphatic heterocycles. The Morgan fingerprint density at radius 2 is 1.77 bits per heavy atom. The Labute approximate surface area is 177 Å². The highest BCUT2D eigenvalue weighted by atomic mass is 19.4. The standard InChI is InChI=1S/C23H21F3N4O/c24-23(25,26)16-6-4-9-18(14-16)29-21-20(10-5-12-27-21)22(31)30-13-11-19(15-30)28-17-7-2-1-3-8-17/h1-10,12,14,19,28H,11,13,15H2,(H,27,29). The SMILES string of the molecule is O=C(c1cccnc1Nc1cccc(C(F)(F)F)c1)N1CCC(Nc2ccccc2)C1. The highest BCUT2D eigenvalue weighted by Crippen LogP contribution is 2.31. The van der Waals surface area contributed by atoms with Crippen molar-refractivity contribution in [2.45, 2.75) is 18.6 Å². The Bertz CT molecular complexity index is 1060. The lowest BCUT2D eigenvalue weighted by atomic mass is 10.1. The van der Waals surface area contributed by atoms with Crippen LogP contribution in [0.5, 0.6) is 0 Å². The Kier molecular flexibility index (Phi) is 5.79. The minimum absolute atomic E-state index is 0.128. The number of carbonyl (C=O) groups excluding carboxylic acids is 1.